The predicted molar refractivity (Wildman–Crippen MR) is 154 cm³/mol. The van der Waals surface area contributed by atoms with E-state index in [1.165, 1.54) is 6.08 Å². The largest absolute Gasteiger partial charge is 0.494 e. The number of rotatable bonds is 8. The first-order valence-electron chi connectivity index (χ1n) is 11.8. The Bertz CT molecular complexity index is 1460. The number of urea groups is 1. The lowest BCUT2D eigenvalue weighted by molar-refractivity contribution is -0.122. The zero-order valence-electron chi connectivity index (χ0n) is 20.9. The summed E-state index contributed by atoms with van der Waals surface area (Å²) in [4.78, 5) is 51.5. The summed E-state index contributed by atoms with van der Waals surface area (Å²) in [5.41, 5.74) is 2.21. The van der Waals surface area contributed by atoms with Gasteiger partial charge in [0.2, 0.25) is 0 Å². The number of carbonyl (C=O) groups is 4. The molecular weight excluding hydrogens is 634 g/mol. The average Bonchev–Trinajstić information content (AvgIpc) is 2.87. The van der Waals surface area contributed by atoms with Gasteiger partial charge in [-0.3, -0.25) is 19.7 Å². The van der Waals surface area contributed by atoms with Crippen molar-refractivity contribution in [1.29, 1.82) is 0 Å². The van der Waals surface area contributed by atoms with Gasteiger partial charge >= 0.3 is 6.03 Å². The quantitative estimate of drug-likeness (QED) is 0.241. The van der Waals surface area contributed by atoms with Gasteiger partial charge in [0.25, 0.3) is 17.7 Å². The van der Waals surface area contributed by atoms with Crippen molar-refractivity contribution < 1.29 is 28.7 Å². The van der Waals surface area contributed by atoms with E-state index in [2.05, 4.69) is 42.5 Å². The normalized spacial score (nSPS) is 14.3. The Labute approximate surface area is 241 Å². The van der Waals surface area contributed by atoms with Crippen LogP contribution in [-0.4, -0.2) is 37.0 Å². The minimum atomic E-state index is -0.846. The van der Waals surface area contributed by atoms with Gasteiger partial charge in [-0.1, -0.05) is 12.1 Å². The van der Waals surface area contributed by atoms with Gasteiger partial charge in [0.15, 0.2) is 6.61 Å². The van der Waals surface area contributed by atoms with Crippen LogP contribution in [0.1, 0.15) is 18.1 Å². The molecule has 0 unspecified atom stereocenters. The Morgan fingerprint density at radius 2 is 1.69 bits per heavy atom. The topological polar surface area (TPSA) is 114 Å². The summed E-state index contributed by atoms with van der Waals surface area (Å²) in [6.45, 7) is 4.00. The second kappa shape index (κ2) is 12.3. The Morgan fingerprint density at radius 3 is 2.33 bits per heavy atom. The third-order valence-corrected chi connectivity index (χ3v) is 6.67. The Kier molecular flexibility index (Phi) is 8.82. The number of nitrogens with one attached hydrogen (secondary N) is 2. The summed E-state index contributed by atoms with van der Waals surface area (Å²) in [7, 11) is 0. The van der Waals surface area contributed by atoms with E-state index in [-0.39, 0.29) is 23.8 Å². The Balaban J connectivity index is 1.51. The zero-order chi connectivity index (χ0) is 28.1. The summed E-state index contributed by atoms with van der Waals surface area (Å²) in [6, 6.07) is 16.2. The molecule has 0 atom stereocenters. The lowest BCUT2D eigenvalue weighted by Crippen LogP contribution is -2.54. The second-order valence-corrected chi connectivity index (χ2v) is 10.1. The molecule has 0 spiro atoms. The highest BCUT2D eigenvalue weighted by atomic mass is 79.9. The van der Waals surface area contributed by atoms with E-state index in [0.29, 0.717) is 38.3 Å². The van der Waals surface area contributed by atoms with E-state index in [9.17, 15) is 19.2 Å². The summed E-state index contributed by atoms with van der Waals surface area (Å²) in [6.07, 6.45) is 1.37. The van der Waals surface area contributed by atoms with Gasteiger partial charge in [-0.2, -0.15) is 0 Å². The van der Waals surface area contributed by atoms with Gasteiger partial charge in [0, 0.05) is 5.69 Å². The molecule has 2 N–H and O–H groups in total. The van der Waals surface area contributed by atoms with Crippen LogP contribution in [0, 0.1) is 6.92 Å². The number of amides is 5. The lowest BCUT2D eigenvalue weighted by Gasteiger charge is -2.26. The fourth-order valence-electron chi connectivity index (χ4n) is 3.78. The van der Waals surface area contributed by atoms with E-state index in [1.807, 2.05) is 32.0 Å². The predicted octanol–water partition coefficient (Wildman–Crippen LogP) is 5.60. The third-order valence-electron chi connectivity index (χ3n) is 5.49. The molecule has 3 aromatic rings. The first-order valence-corrected chi connectivity index (χ1v) is 13.4. The molecule has 5 amide bonds. The number of anilines is 2. The molecule has 1 aliphatic heterocycles. The molecule has 0 saturated carbocycles. The van der Waals surface area contributed by atoms with Crippen molar-refractivity contribution >= 4 is 73.1 Å². The van der Waals surface area contributed by atoms with Crippen LogP contribution >= 0.6 is 31.9 Å². The van der Waals surface area contributed by atoms with Gasteiger partial charge in [-0.15, -0.1) is 0 Å². The molecule has 1 saturated heterocycles. The summed E-state index contributed by atoms with van der Waals surface area (Å²) >= 11 is 6.84. The molecule has 0 bridgehead atoms. The average molecular weight is 657 g/mol. The number of nitrogens with zero attached hydrogens (tertiary/aromatic N) is 1. The number of barbiturate groups is 1. The van der Waals surface area contributed by atoms with E-state index in [1.54, 1.807) is 42.5 Å². The smallest absolute Gasteiger partial charge is 0.335 e. The van der Waals surface area contributed by atoms with Gasteiger partial charge in [-0.25, -0.2) is 9.69 Å². The molecule has 3 aromatic carbocycles. The maximum atomic E-state index is 13.2. The van der Waals surface area contributed by atoms with Crippen molar-refractivity contribution in [2.75, 3.05) is 23.4 Å². The van der Waals surface area contributed by atoms with E-state index < -0.39 is 17.8 Å². The van der Waals surface area contributed by atoms with Crippen LogP contribution in [0.25, 0.3) is 6.08 Å². The molecule has 39 heavy (non-hydrogen) atoms. The van der Waals surface area contributed by atoms with Crippen LogP contribution < -0.4 is 25.0 Å². The van der Waals surface area contributed by atoms with E-state index in [0.717, 1.165) is 10.5 Å². The number of hydrogen-bond acceptors (Lipinski definition) is 6. The third kappa shape index (κ3) is 6.73. The fraction of sp³-hybridized carbons (Fsp3) is 0.143. The van der Waals surface area contributed by atoms with Crippen LogP contribution in [0.2, 0.25) is 0 Å². The van der Waals surface area contributed by atoms with Crippen LogP contribution in [0.5, 0.6) is 11.5 Å². The fourth-order valence-corrected chi connectivity index (χ4v) is 5.23. The number of carbonyl (C=O) groups excluding carboxylic acids is 4. The molecule has 0 radical (unpaired) electrons. The zero-order valence-corrected chi connectivity index (χ0v) is 24.1. The first kappa shape index (κ1) is 28.1. The molecule has 0 aliphatic carbocycles. The van der Waals surface area contributed by atoms with Crippen molar-refractivity contribution in [3.8, 4) is 11.5 Å². The molecule has 200 valence electrons. The van der Waals surface area contributed by atoms with Crippen molar-refractivity contribution in [3.63, 3.8) is 0 Å². The molecule has 0 aromatic heterocycles. The second-order valence-electron chi connectivity index (χ2n) is 8.40. The number of aryl methyl sites for hydroxylation is 1. The van der Waals surface area contributed by atoms with E-state index >= 15 is 0 Å². The number of halogens is 2. The van der Waals surface area contributed by atoms with Gasteiger partial charge < -0.3 is 14.8 Å². The minimum Gasteiger partial charge on any atom is -0.494 e. The minimum absolute atomic E-state index is 0.228. The molecule has 4 rings (SSSR count). The maximum absolute atomic E-state index is 13.2. The molecule has 9 nitrogen and oxygen atoms in total. The number of hydrogen-bond donors (Lipinski definition) is 2. The SMILES string of the molecule is CCOc1ccc(N2C(=O)NC(=O)/C(=C\c3cc(Br)c(OCC(=O)Nc4cccc(C)c4)c(Br)c3)C2=O)cc1. The molecule has 1 heterocycles. The summed E-state index contributed by atoms with van der Waals surface area (Å²) in [5.74, 6) is -0.972. The highest BCUT2D eigenvalue weighted by molar-refractivity contribution is 9.11. The molecule has 11 heteroatoms. The highest BCUT2D eigenvalue weighted by Crippen LogP contribution is 2.36. The van der Waals surface area contributed by atoms with E-state index in [4.69, 9.17) is 9.47 Å². The van der Waals surface area contributed by atoms with Crippen molar-refractivity contribution in [2.24, 2.45) is 0 Å². The monoisotopic (exact) mass is 655 g/mol. The number of ether oxygens (including phenoxy) is 2. The van der Waals surface area contributed by atoms with Crippen LogP contribution in [0.4, 0.5) is 16.2 Å². The van der Waals surface area contributed by atoms with Gasteiger partial charge in [-0.05, 0) is 111 Å². The van der Waals surface area contributed by atoms with Gasteiger partial charge in [0.05, 0.1) is 21.2 Å². The van der Waals surface area contributed by atoms with Crippen LogP contribution in [-0.2, 0) is 14.4 Å². The molecule has 1 fully saturated rings. The number of imide groups is 2. The summed E-state index contributed by atoms with van der Waals surface area (Å²) < 4.78 is 12.1. The van der Waals surface area contributed by atoms with Crippen LogP contribution in [0.15, 0.2) is 75.2 Å². The van der Waals surface area contributed by atoms with Crippen molar-refractivity contribution in [3.05, 3.63) is 86.3 Å². The highest BCUT2D eigenvalue weighted by Gasteiger charge is 2.36. The van der Waals surface area contributed by atoms with Gasteiger partial charge in [0.1, 0.15) is 17.1 Å². The summed E-state index contributed by atoms with van der Waals surface area (Å²) in [5, 5.41) is 4.97. The Hall–Kier alpha value is -3.96. The number of benzene rings is 3. The van der Waals surface area contributed by atoms with Crippen molar-refractivity contribution in [2.45, 2.75) is 13.8 Å². The Morgan fingerprint density at radius 1 is 1.00 bits per heavy atom. The van der Waals surface area contributed by atoms with Crippen LogP contribution in [0.3, 0.4) is 0 Å². The maximum Gasteiger partial charge on any atom is 0.335 e. The lowest BCUT2D eigenvalue weighted by atomic mass is 10.1. The standard InChI is InChI=1S/C28H23Br2N3O6/c1-3-38-20-9-7-19(8-10-20)33-27(36)21(26(35)32-28(33)37)12-17-13-22(29)25(23(30)14-17)39-15-24(34)31-18-6-4-5-16(2)11-18/h4-14H,3,15H2,1-2H3,(H,31,34)(H,32,35,37)/b21-12+. The molecule has 1 aliphatic rings. The molecular formula is C28H23Br2N3O6. The first-order chi connectivity index (χ1) is 18.7. The van der Waals surface area contributed by atoms with Crippen molar-refractivity contribution in [1.82, 2.24) is 5.32 Å².